The number of aryl methyl sites for hydroxylation is 1. The van der Waals surface area contributed by atoms with Gasteiger partial charge in [-0.25, -0.2) is 4.98 Å². The fourth-order valence-corrected chi connectivity index (χ4v) is 3.11. The van der Waals surface area contributed by atoms with Gasteiger partial charge in [0.25, 0.3) is 0 Å². The van der Waals surface area contributed by atoms with Crippen LogP contribution in [0.15, 0.2) is 18.2 Å². The summed E-state index contributed by atoms with van der Waals surface area (Å²) in [6, 6.07) is 6.69. The standard InChI is InChI=1S/C15H22N4/c1-11-5-6-13-14(9-11)19(15(16)17-13)12(2)10-18-7-3-4-8-18/h5-6,9,12H,3-4,7-8,10H2,1-2H3,(H2,16,17). The van der Waals surface area contributed by atoms with Gasteiger partial charge in [0.15, 0.2) is 0 Å². The highest BCUT2D eigenvalue weighted by atomic mass is 15.2. The van der Waals surface area contributed by atoms with E-state index < -0.39 is 0 Å². The fraction of sp³-hybridized carbons (Fsp3) is 0.533. The number of nitrogens with two attached hydrogens (primary N) is 1. The molecule has 0 amide bonds. The van der Waals surface area contributed by atoms with Crippen molar-refractivity contribution in [2.45, 2.75) is 32.7 Å². The van der Waals surface area contributed by atoms with Crippen molar-refractivity contribution < 1.29 is 0 Å². The maximum atomic E-state index is 6.11. The van der Waals surface area contributed by atoms with E-state index in [0.717, 1.165) is 17.6 Å². The van der Waals surface area contributed by atoms with Gasteiger partial charge >= 0.3 is 0 Å². The smallest absolute Gasteiger partial charge is 0.201 e. The van der Waals surface area contributed by atoms with Crippen LogP contribution in [0.1, 0.15) is 31.4 Å². The van der Waals surface area contributed by atoms with E-state index in [2.05, 4.69) is 46.5 Å². The second kappa shape index (κ2) is 4.85. The van der Waals surface area contributed by atoms with Gasteiger partial charge < -0.3 is 15.2 Å². The molecule has 1 saturated heterocycles. The number of benzene rings is 1. The van der Waals surface area contributed by atoms with Gasteiger partial charge in [0, 0.05) is 12.6 Å². The van der Waals surface area contributed by atoms with Gasteiger partial charge in [-0.1, -0.05) is 6.07 Å². The van der Waals surface area contributed by atoms with Crippen LogP contribution in [0.25, 0.3) is 11.0 Å². The average molecular weight is 258 g/mol. The summed E-state index contributed by atoms with van der Waals surface area (Å²) in [5, 5.41) is 0. The van der Waals surface area contributed by atoms with Gasteiger partial charge in [-0.15, -0.1) is 0 Å². The number of fused-ring (bicyclic) bond motifs is 1. The summed E-state index contributed by atoms with van der Waals surface area (Å²) < 4.78 is 2.18. The molecule has 4 heteroatoms. The highest BCUT2D eigenvalue weighted by Gasteiger charge is 2.19. The Morgan fingerprint density at radius 1 is 1.32 bits per heavy atom. The Bertz CT molecular complexity index is 581. The molecule has 1 fully saturated rings. The quantitative estimate of drug-likeness (QED) is 0.920. The van der Waals surface area contributed by atoms with Crippen LogP contribution in [-0.4, -0.2) is 34.1 Å². The van der Waals surface area contributed by atoms with E-state index in [0.29, 0.717) is 12.0 Å². The summed E-state index contributed by atoms with van der Waals surface area (Å²) in [5.74, 6) is 0.632. The van der Waals surface area contributed by atoms with Gasteiger partial charge in [0.05, 0.1) is 11.0 Å². The lowest BCUT2D eigenvalue weighted by Gasteiger charge is -2.22. The Morgan fingerprint density at radius 2 is 2.05 bits per heavy atom. The molecule has 1 aliphatic rings. The van der Waals surface area contributed by atoms with Gasteiger partial charge in [0.2, 0.25) is 5.95 Å². The van der Waals surface area contributed by atoms with E-state index in [4.69, 9.17) is 5.73 Å². The predicted molar refractivity (Wildman–Crippen MR) is 79.3 cm³/mol. The average Bonchev–Trinajstić information content (AvgIpc) is 2.95. The number of rotatable bonds is 3. The Hall–Kier alpha value is -1.55. The molecule has 0 saturated carbocycles. The number of nitrogens with zero attached hydrogens (tertiary/aromatic N) is 3. The minimum atomic E-state index is 0.366. The van der Waals surface area contributed by atoms with Crippen molar-refractivity contribution in [1.82, 2.24) is 14.5 Å². The van der Waals surface area contributed by atoms with Crippen LogP contribution >= 0.6 is 0 Å². The van der Waals surface area contributed by atoms with Crippen LogP contribution < -0.4 is 5.73 Å². The third kappa shape index (κ3) is 2.32. The monoisotopic (exact) mass is 258 g/mol. The second-order valence-corrected chi connectivity index (χ2v) is 5.69. The lowest BCUT2D eigenvalue weighted by molar-refractivity contribution is 0.291. The zero-order valence-electron chi connectivity index (χ0n) is 11.8. The molecule has 4 nitrogen and oxygen atoms in total. The normalized spacial score (nSPS) is 18.2. The van der Waals surface area contributed by atoms with Crippen molar-refractivity contribution in [3.05, 3.63) is 23.8 Å². The maximum Gasteiger partial charge on any atom is 0.201 e. The van der Waals surface area contributed by atoms with Crippen molar-refractivity contribution in [3.63, 3.8) is 0 Å². The first-order valence-electron chi connectivity index (χ1n) is 7.11. The highest BCUT2D eigenvalue weighted by molar-refractivity contribution is 5.79. The van der Waals surface area contributed by atoms with E-state index in [1.54, 1.807) is 0 Å². The first kappa shape index (κ1) is 12.5. The van der Waals surface area contributed by atoms with Crippen molar-refractivity contribution in [1.29, 1.82) is 0 Å². The largest absolute Gasteiger partial charge is 0.369 e. The number of hydrogen-bond donors (Lipinski definition) is 1. The number of anilines is 1. The summed E-state index contributed by atoms with van der Waals surface area (Å²) in [5.41, 5.74) is 9.52. The van der Waals surface area contributed by atoms with Crippen molar-refractivity contribution in [3.8, 4) is 0 Å². The Morgan fingerprint density at radius 3 is 2.79 bits per heavy atom. The SMILES string of the molecule is Cc1ccc2nc(N)n(C(C)CN3CCCC3)c2c1. The Kier molecular flexibility index (Phi) is 3.19. The first-order chi connectivity index (χ1) is 9.15. The molecule has 19 heavy (non-hydrogen) atoms. The summed E-state index contributed by atoms with van der Waals surface area (Å²) >= 11 is 0. The third-order valence-electron chi connectivity index (χ3n) is 4.03. The molecule has 3 rings (SSSR count). The van der Waals surface area contributed by atoms with Crippen LogP contribution in [-0.2, 0) is 0 Å². The summed E-state index contributed by atoms with van der Waals surface area (Å²) in [6.45, 7) is 7.84. The molecule has 0 bridgehead atoms. The maximum absolute atomic E-state index is 6.11. The molecule has 1 unspecified atom stereocenters. The predicted octanol–water partition coefficient (Wildman–Crippen LogP) is 2.58. The lowest BCUT2D eigenvalue weighted by Crippen LogP contribution is -2.27. The summed E-state index contributed by atoms with van der Waals surface area (Å²) in [6.07, 6.45) is 2.65. The third-order valence-corrected chi connectivity index (χ3v) is 4.03. The van der Waals surface area contributed by atoms with Crippen LogP contribution in [0, 0.1) is 6.92 Å². The van der Waals surface area contributed by atoms with Crippen LogP contribution in [0.3, 0.4) is 0 Å². The number of likely N-dealkylation sites (tertiary alicyclic amines) is 1. The zero-order chi connectivity index (χ0) is 13.4. The zero-order valence-corrected chi connectivity index (χ0v) is 11.8. The molecule has 0 radical (unpaired) electrons. The number of nitrogen functional groups attached to an aromatic ring is 1. The van der Waals surface area contributed by atoms with Crippen molar-refractivity contribution in [2.75, 3.05) is 25.4 Å². The molecule has 1 aliphatic heterocycles. The molecular weight excluding hydrogens is 236 g/mol. The van der Waals surface area contributed by atoms with Gasteiger partial charge in [-0.2, -0.15) is 0 Å². The van der Waals surface area contributed by atoms with Gasteiger partial charge in [0.1, 0.15) is 0 Å². The number of aromatic nitrogens is 2. The molecule has 0 aliphatic carbocycles. The van der Waals surface area contributed by atoms with Gasteiger partial charge in [-0.3, -0.25) is 0 Å². The van der Waals surface area contributed by atoms with Crippen molar-refractivity contribution in [2.24, 2.45) is 0 Å². The molecule has 0 spiro atoms. The van der Waals surface area contributed by atoms with E-state index in [-0.39, 0.29) is 0 Å². The minimum Gasteiger partial charge on any atom is -0.369 e. The molecular formula is C15H22N4. The molecule has 1 aromatic carbocycles. The van der Waals surface area contributed by atoms with E-state index in [1.807, 2.05) is 0 Å². The lowest BCUT2D eigenvalue weighted by atomic mass is 10.2. The molecule has 2 aromatic rings. The minimum absolute atomic E-state index is 0.366. The van der Waals surface area contributed by atoms with Crippen molar-refractivity contribution >= 4 is 17.0 Å². The van der Waals surface area contributed by atoms with E-state index >= 15 is 0 Å². The summed E-state index contributed by atoms with van der Waals surface area (Å²) in [4.78, 5) is 6.99. The number of imidazole rings is 1. The van der Waals surface area contributed by atoms with Gasteiger partial charge in [-0.05, 0) is 57.5 Å². The van der Waals surface area contributed by atoms with Crippen LogP contribution in [0.5, 0.6) is 0 Å². The topological polar surface area (TPSA) is 47.1 Å². The summed E-state index contributed by atoms with van der Waals surface area (Å²) in [7, 11) is 0. The highest BCUT2D eigenvalue weighted by Crippen LogP contribution is 2.25. The van der Waals surface area contributed by atoms with Crippen LogP contribution in [0.2, 0.25) is 0 Å². The fourth-order valence-electron chi connectivity index (χ4n) is 3.11. The second-order valence-electron chi connectivity index (χ2n) is 5.69. The van der Waals surface area contributed by atoms with E-state index in [1.165, 1.54) is 31.5 Å². The molecule has 102 valence electrons. The first-order valence-corrected chi connectivity index (χ1v) is 7.11. The molecule has 1 aromatic heterocycles. The molecule has 2 heterocycles. The molecule has 2 N–H and O–H groups in total. The van der Waals surface area contributed by atoms with Crippen LogP contribution in [0.4, 0.5) is 5.95 Å². The van der Waals surface area contributed by atoms with E-state index in [9.17, 15) is 0 Å². The molecule has 1 atom stereocenters. The number of hydrogen-bond acceptors (Lipinski definition) is 3. The Labute approximate surface area is 114 Å². The Balaban J connectivity index is 1.93.